The molecule has 0 amide bonds. The van der Waals surface area contributed by atoms with Crippen molar-refractivity contribution < 1.29 is 4.74 Å². The van der Waals surface area contributed by atoms with Gasteiger partial charge in [0.2, 0.25) is 0 Å². The summed E-state index contributed by atoms with van der Waals surface area (Å²) in [5, 5.41) is 3.44. The van der Waals surface area contributed by atoms with Gasteiger partial charge in [-0.1, -0.05) is 47.7 Å². The number of hydrogen-bond acceptors (Lipinski definition) is 4. The summed E-state index contributed by atoms with van der Waals surface area (Å²) >= 11 is 1.34. The van der Waals surface area contributed by atoms with Crippen molar-refractivity contribution in [1.29, 1.82) is 0 Å². The largest absolute Gasteiger partial charge is 0.430 e. The number of anilines is 1. The fraction of sp³-hybridized carbons (Fsp3) is 0. The van der Waals surface area contributed by atoms with Crippen molar-refractivity contribution in [2.24, 2.45) is 0 Å². The van der Waals surface area contributed by atoms with E-state index in [4.69, 9.17) is 10.5 Å². The van der Waals surface area contributed by atoms with Crippen molar-refractivity contribution >= 4 is 27.1 Å². The average Bonchev–Trinajstić information content (AvgIpc) is 2.75. The van der Waals surface area contributed by atoms with Gasteiger partial charge < -0.3 is 10.5 Å². The Labute approximate surface area is 102 Å². The summed E-state index contributed by atoms with van der Waals surface area (Å²) in [6.07, 6.45) is 1.60. The Balaban J connectivity index is 2.05. The summed E-state index contributed by atoms with van der Waals surface area (Å²) in [5.41, 5.74) is 5.62. The van der Waals surface area contributed by atoms with E-state index in [0.29, 0.717) is 10.2 Å². The van der Waals surface area contributed by atoms with E-state index in [-0.39, 0.29) is 0 Å². The normalized spacial score (nSPS) is 10.6. The standard InChI is InChI=1S/C13H10N2OS/c14-12-8-15-13(17-12)16-11-7-3-5-9-4-1-2-6-10(9)11/h1-8H,14H2. The van der Waals surface area contributed by atoms with Crippen LogP contribution in [0.25, 0.3) is 10.8 Å². The molecular weight excluding hydrogens is 232 g/mol. The molecule has 1 aromatic heterocycles. The van der Waals surface area contributed by atoms with Gasteiger partial charge in [-0.2, -0.15) is 0 Å². The number of nitrogen functional groups attached to an aromatic ring is 1. The second-order valence-corrected chi connectivity index (χ2v) is 4.63. The molecule has 0 radical (unpaired) electrons. The highest BCUT2D eigenvalue weighted by Gasteiger charge is 2.05. The van der Waals surface area contributed by atoms with Gasteiger partial charge >= 0.3 is 0 Å². The number of rotatable bonds is 2. The van der Waals surface area contributed by atoms with Gasteiger partial charge in [0.15, 0.2) is 0 Å². The van der Waals surface area contributed by atoms with Crippen molar-refractivity contribution in [2.45, 2.75) is 0 Å². The van der Waals surface area contributed by atoms with Crippen LogP contribution >= 0.6 is 11.3 Å². The van der Waals surface area contributed by atoms with Gasteiger partial charge in [0, 0.05) is 5.39 Å². The third-order valence-corrected chi connectivity index (χ3v) is 3.15. The van der Waals surface area contributed by atoms with Crippen LogP contribution in [0.3, 0.4) is 0 Å². The second kappa shape index (κ2) is 4.07. The number of ether oxygens (including phenoxy) is 1. The lowest BCUT2D eigenvalue weighted by molar-refractivity contribution is 0.484. The molecule has 0 unspecified atom stereocenters. The minimum absolute atomic E-state index is 0.568. The zero-order chi connectivity index (χ0) is 11.7. The molecule has 2 aromatic carbocycles. The monoisotopic (exact) mass is 242 g/mol. The van der Waals surface area contributed by atoms with Crippen LogP contribution in [0.2, 0.25) is 0 Å². The van der Waals surface area contributed by atoms with Crippen molar-refractivity contribution in [2.75, 3.05) is 5.73 Å². The molecule has 4 heteroatoms. The Morgan fingerprint density at radius 1 is 1.06 bits per heavy atom. The lowest BCUT2D eigenvalue weighted by Crippen LogP contribution is -1.84. The average molecular weight is 242 g/mol. The molecule has 0 fully saturated rings. The number of nitrogens with two attached hydrogens (primary N) is 1. The van der Waals surface area contributed by atoms with Gasteiger partial charge in [0.25, 0.3) is 5.19 Å². The van der Waals surface area contributed by atoms with Gasteiger partial charge in [-0.15, -0.1) is 0 Å². The highest BCUT2D eigenvalue weighted by molar-refractivity contribution is 7.17. The molecule has 3 aromatic rings. The summed E-state index contributed by atoms with van der Waals surface area (Å²) in [6.45, 7) is 0. The van der Waals surface area contributed by atoms with Crippen LogP contribution in [-0.4, -0.2) is 4.98 Å². The molecule has 0 aliphatic heterocycles. The van der Waals surface area contributed by atoms with Gasteiger partial charge in [-0.3, -0.25) is 0 Å². The molecule has 0 aliphatic rings. The zero-order valence-electron chi connectivity index (χ0n) is 8.96. The first-order valence-corrected chi connectivity index (χ1v) is 6.01. The van der Waals surface area contributed by atoms with E-state index >= 15 is 0 Å². The maximum absolute atomic E-state index is 5.74. The van der Waals surface area contributed by atoms with Crippen LogP contribution < -0.4 is 10.5 Å². The van der Waals surface area contributed by atoms with E-state index in [1.54, 1.807) is 6.20 Å². The topological polar surface area (TPSA) is 48.1 Å². The lowest BCUT2D eigenvalue weighted by atomic mass is 10.1. The SMILES string of the molecule is Nc1cnc(Oc2cccc3ccccc23)s1. The van der Waals surface area contributed by atoms with Gasteiger partial charge in [-0.05, 0) is 11.5 Å². The predicted octanol–water partition coefficient (Wildman–Crippen LogP) is 3.67. The van der Waals surface area contributed by atoms with E-state index in [9.17, 15) is 0 Å². The van der Waals surface area contributed by atoms with Crippen molar-refractivity contribution in [3.8, 4) is 10.9 Å². The Kier molecular flexibility index (Phi) is 2.42. The maximum Gasteiger partial charge on any atom is 0.280 e. The number of fused-ring (bicyclic) bond motifs is 1. The number of nitrogens with zero attached hydrogens (tertiary/aromatic N) is 1. The van der Waals surface area contributed by atoms with Crippen LogP contribution in [0.1, 0.15) is 0 Å². The maximum atomic E-state index is 5.74. The van der Waals surface area contributed by atoms with Crippen molar-refractivity contribution in [3.63, 3.8) is 0 Å². The first kappa shape index (κ1) is 10.1. The Hall–Kier alpha value is -2.07. The molecule has 3 rings (SSSR count). The number of aromatic nitrogens is 1. The predicted molar refractivity (Wildman–Crippen MR) is 70.5 cm³/mol. The number of hydrogen-bond donors (Lipinski definition) is 1. The van der Waals surface area contributed by atoms with E-state index in [0.717, 1.165) is 16.5 Å². The molecule has 3 nitrogen and oxygen atoms in total. The smallest absolute Gasteiger partial charge is 0.280 e. The minimum Gasteiger partial charge on any atom is -0.430 e. The zero-order valence-corrected chi connectivity index (χ0v) is 9.78. The molecule has 84 valence electrons. The molecule has 1 heterocycles. The Morgan fingerprint density at radius 2 is 1.88 bits per heavy atom. The third kappa shape index (κ3) is 1.94. The van der Waals surface area contributed by atoms with Crippen LogP contribution in [0, 0.1) is 0 Å². The highest BCUT2D eigenvalue weighted by Crippen LogP contribution is 2.32. The van der Waals surface area contributed by atoms with E-state index in [1.165, 1.54) is 11.3 Å². The Morgan fingerprint density at radius 3 is 2.71 bits per heavy atom. The summed E-state index contributed by atoms with van der Waals surface area (Å²) in [7, 11) is 0. The molecular formula is C13H10N2OS. The first-order chi connectivity index (χ1) is 8.33. The summed E-state index contributed by atoms with van der Waals surface area (Å²) in [4.78, 5) is 4.09. The quantitative estimate of drug-likeness (QED) is 0.745. The molecule has 0 spiro atoms. The molecule has 0 aliphatic carbocycles. The first-order valence-electron chi connectivity index (χ1n) is 5.20. The summed E-state index contributed by atoms with van der Waals surface area (Å²) in [6, 6.07) is 14.0. The van der Waals surface area contributed by atoms with Crippen LogP contribution in [0.4, 0.5) is 5.00 Å². The highest BCUT2D eigenvalue weighted by atomic mass is 32.1. The minimum atomic E-state index is 0.568. The number of benzene rings is 2. The van der Waals surface area contributed by atoms with Gasteiger partial charge in [-0.25, -0.2) is 4.98 Å². The summed E-state index contributed by atoms with van der Waals surface area (Å²) < 4.78 is 5.74. The lowest BCUT2D eigenvalue weighted by Gasteiger charge is -2.05. The fourth-order valence-corrected chi connectivity index (χ4v) is 2.24. The van der Waals surface area contributed by atoms with E-state index < -0.39 is 0 Å². The van der Waals surface area contributed by atoms with E-state index in [2.05, 4.69) is 17.1 Å². The molecule has 0 bridgehead atoms. The summed E-state index contributed by atoms with van der Waals surface area (Å²) in [5.74, 6) is 0.803. The molecule has 17 heavy (non-hydrogen) atoms. The van der Waals surface area contributed by atoms with Gasteiger partial charge in [0.1, 0.15) is 10.8 Å². The van der Waals surface area contributed by atoms with Crippen LogP contribution in [-0.2, 0) is 0 Å². The fourth-order valence-electron chi connectivity index (χ4n) is 1.70. The second-order valence-electron chi connectivity index (χ2n) is 3.61. The van der Waals surface area contributed by atoms with E-state index in [1.807, 2.05) is 30.3 Å². The van der Waals surface area contributed by atoms with Gasteiger partial charge in [0.05, 0.1) is 6.20 Å². The van der Waals surface area contributed by atoms with Crippen LogP contribution in [0.15, 0.2) is 48.7 Å². The molecule has 0 saturated heterocycles. The third-order valence-electron chi connectivity index (χ3n) is 2.45. The number of thiazole rings is 1. The molecule has 0 atom stereocenters. The van der Waals surface area contributed by atoms with Crippen molar-refractivity contribution in [1.82, 2.24) is 4.98 Å². The Bertz CT molecular complexity index is 658. The van der Waals surface area contributed by atoms with Crippen LogP contribution in [0.5, 0.6) is 10.9 Å². The van der Waals surface area contributed by atoms with Crippen molar-refractivity contribution in [3.05, 3.63) is 48.7 Å². The molecule has 2 N–H and O–H groups in total. The molecule has 0 saturated carbocycles.